The smallest absolute Gasteiger partial charge is 0.276 e. The molecule has 2 aliphatic rings. The number of aromatic nitrogens is 2. The number of para-hydroxylation sites is 1. The standard InChI is InChI=1S/C24H27N3O3/c28-24(27-13-11-19(15-27)17-6-2-1-3-7-17)21-14-20(30-26-21)16-29-22-10-4-8-18-9-5-12-25-23(18)22/h4-5,8-10,12,14,17,19H,1-3,6-7,11,13,15-16H2/t19-/m1/s1. The van der Waals surface area contributed by atoms with Crippen molar-refractivity contribution in [3.63, 3.8) is 0 Å². The van der Waals surface area contributed by atoms with E-state index < -0.39 is 0 Å². The van der Waals surface area contributed by atoms with Gasteiger partial charge in [-0.25, -0.2) is 0 Å². The third-order valence-corrected chi connectivity index (χ3v) is 6.57. The number of likely N-dealkylation sites (tertiary alicyclic amines) is 1. The van der Waals surface area contributed by atoms with Crippen LogP contribution in [0.1, 0.15) is 54.8 Å². The summed E-state index contributed by atoms with van der Waals surface area (Å²) in [6.07, 6.45) is 9.55. The molecule has 1 saturated heterocycles. The maximum absolute atomic E-state index is 12.9. The Morgan fingerprint density at radius 2 is 1.97 bits per heavy atom. The lowest BCUT2D eigenvalue weighted by molar-refractivity contribution is 0.0769. The van der Waals surface area contributed by atoms with Crippen molar-refractivity contribution in [2.75, 3.05) is 13.1 Å². The molecule has 2 aromatic heterocycles. The van der Waals surface area contributed by atoms with Crippen LogP contribution in [0.5, 0.6) is 5.75 Å². The molecule has 0 bridgehead atoms. The van der Waals surface area contributed by atoms with Gasteiger partial charge in [-0.2, -0.15) is 0 Å². The molecule has 5 rings (SSSR count). The molecule has 30 heavy (non-hydrogen) atoms. The zero-order valence-corrected chi connectivity index (χ0v) is 17.1. The largest absolute Gasteiger partial charge is 0.483 e. The number of nitrogens with zero attached hydrogens (tertiary/aromatic N) is 3. The Morgan fingerprint density at radius 1 is 1.10 bits per heavy atom. The average molecular weight is 405 g/mol. The SMILES string of the molecule is O=C(c1cc(COc2cccc3cccnc23)on1)N1CC[C@@H](C2CCCCC2)C1. The van der Waals surface area contributed by atoms with Gasteiger partial charge in [-0.3, -0.25) is 9.78 Å². The fraction of sp³-hybridized carbons (Fsp3) is 0.458. The highest BCUT2D eigenvalue weighted by molar-refractivity contribution is 5.92. The van der Waals surface area contributed by atoms with Crippen LogP contribution < -0.4 is 4.74 Å². The molecule has 1 saturated carbocycles. The van der Waals surface area contributed by atoms with E-state index in [1.165, 1.54) is 32.1 Å². The molecule has 1 aliphatic carbocycles. The van der Waals surface area contributed by atoms with Crippen LogP contribution >= 0.6 is 0 Å². The Morgan fingerprint density at radius 3 is 2.87 bits per heavy atom. The molecule has 3 aromatic rings. The van der Waals surface area contributed by atoms with Gasteiger partial charge in [-0.1, -0.05) is 55.5 Å². The zero-order chi connectivity index (χ0) is 20.3. The van der Waals surface area contributed by atoms with Crippen LogP contribution in [0.4, 0.5) is 0 Å². The molecular formula is C24H27N3O3. The topological polar surface area (TPSA) is 68.5 Å². The van der Waals surface area contributed by atoms with E-state index in [4.69, 9.17) is 9.26 Å². The summed E-state index contributed by atoms with van der Waals surface area (Å²) in [6, 6.07) is 11.4. The molecule has 6 nitrogen and oxygen atoms in total. The van der Waals surface area contributed by atoms with E-state index >= 15 is 0 Å². The molecule has 0 unspecified atom stereocenters. The van der Waals surface area contributed by atoms with Gasteiger partial charge in [0.25, 0.3) is 5.91 Å². The third-order valence-electron chi connectivity index (χ3n) is 6.57. The second-order valence-corrected chi connectivity index (χ2v) is 8.50. The van der Waals surface area contributed by atoms with Crippen molar-refractivity contribution >= 4 is 16.8 Å². The Hall–Kier alpha value is -2.89. The highest BCUT2D eigenvalue weighted by Crippen LogP contribution is 2.35. The lowest BCUT2D eigenvalue weighted by Gasteiger charge is -2.27. The minimum Gasteiger partial charge on any atom is -0.483 e. The van der Waals surface area contributed by atoms with Gasteiger partial charge in [-0.15, -0.1) is 0 Å². The summed E-state index contributed by atoms with van der Waals surface area (Å²) in [6.45, 7) is 1.88. The Kier molecular flexibility index (Phi) is 5.39. The quantitative estimate of drug-likeness (QED) is 0.607. The fourth-order valence-electron chi connectivity index (χ4n) is 4.95. The predicted molar refractivity (Wildman–Crippen MR) is 113 cm³/mol. The van der Waals surface area contributed by atoms with Gasteiger partial charge in [0.05, 0.1) is 0 Å². The number of amides is 1. The molecule has 0 spiro atoms. The van der Waals surface area contributed by atoms with Crippen molar-refractivity contribution in [1.29, 1.82) is 0 Å². The van der Waals surface area contributed by atoms with Crippen molar-refractivity contribution in [3.05, 3.63) is 54.0 Å². The Balaban J connectivity index is 1.20. The highest BCUT2D eigenvalue weighted by atomic mass is 16.5. The van der Waals surface area contributed by atoms with E-state index in [0.29, 0.717) is 23.1 Å². The number of fused-ring (bicyclic) bond motifs is 1. The molecule has 1 aliphatic heterocycles. The number of pyridine rings is 1. The first-order valence-electron chi connectivity index (χ1n) is 11.0. The number of rotatable bonds is 5. The first kappa shape index (κ1) is 19.1. The van der Waals surface area contributed by atoms with E-state index in [2.05, 4.69) is 10.1 Å². The van der Waals surface area contributed by atoms with Crippen LogP contribution in [-0.2, 0) is 6.61 Å². The van der Waals surface area contributed by atoms with Gasteiger partial charge in [-0.05, 0) is 30.4 Å². The molecule has 6 heteroatoms. The van der Waals surface area contributed by atoms with Crippen molar-refractivity contribution in [2.24, 2.45) is 11.8 Å². The lowest BCUT2D eigenvalue weighted by atomic mass is 9.80. The van der Waals surface area contributed by atoms with Crippen molar-refractivity contribution < 1.29 is 14.1 Å². The summed E-state index contributed by atoms with van der Waals surface area (Å²) in [5.41, 5.74) is 1.18. The maximum atomic E-state index is 12.9. The van der Waals surface area contributed by atoms with Crippen LogP contribution in [0, 0.1) is 11.8 Å². The van der Waals surface area contributed by atoms with E-state index in [-0.39, 0.29) is 12.5 Å². The van der Waals surface area contributed by atoms with E-state index in [9.17, 15) is 4.79 Å². The number of carbonyl (C=O) groups excluding carboxylic acids is 1. The fourth-order valence-corrected chi connectivity index (χ4v) is 4.95. The molecule has 0 radical (unpaired) electrons. The molecule has 2 fully saturated rings. The Bertz CT molecular complexity index is 1020. The second-order valence-electron chi connectivity index (χ2n) is 8.50. The van der Waals surface area contributed by atoms with Gasteiger partial charge in [0, 0.05) is 30.7 Å². The van der Waals surface area contributed by atoms with Crippen molar-refractivity contribution in [1.82, 2.24) is 15.0 Å². The van der Waals surface area contributed by atoms with E-state index in [1.54, 1.807) is 12.3 Å². The Labute approximate surface area is 176 Å². The summed E-state index contributed by atoms with van der Waals surface area (Å²) in [5, 5.41) is 5.03. The van der Waals surface area contributed by atoms with Gasteiger partial charge < -0.3 is 14.2 Å². The number of benzene rings is 1. The molecule has 3 heterocycles. The normalized spacial score (nSPS) is 20.0. The molecule has 156 valence electrons. The summed E-state index contributed by atoms with van der Waals surface area (Å²) < 4.78 is 11.3. The second kappa shape index (κ2) is 8.46. The maximum Gasteiger partial charge on any atom is 0.276 e. The predicted octanol–water partition coefficient (Wildman–Crippen LogP) is 4.84. The van der Waals surface area contributed by atoms with Gasteiger partial charge in [0.15, 0.2) is 11.5 Å². The van der Waals surface area contributed by atoms with Gasteiger partial charge in [0.2, 0.25) is 0 Å². The lowest BCUT2D eigenvalue weighted by Crippen LogP contribution is -2.30. The number of ether oxygens (including phenoxy) is 1. The summed E-state index contributed by atoms with van der Waals surface area (Å²) >= 11 is 0. The van der Waals surface area contributed by atoms with Gasteiger partial charge in [0.1, 0.15) is 17.9 Å². The molecular weight excluding hydrogens is 378 g/mol. The molecule has 1 amide bonds. The van der Waals surface area contributed by atoms with Crippen LogP contribution in [0.15, 0.2) is 47.1 Å². The third kappa shape index (κ3) is 3.91. The van der Waals surface area contributed by atoms with Crippen molar-refractivity contribution in [3.8, 4) is 5.75 Å². The monoisotopic (exact) mass is 405 g/mol. The first-order valence-corrected chi connectivity index (χ1v) is 11.0. The van der Waals surface area contributed by atoms with Crippen molar-refractivity contribution in [2.45, 2.75) is 45.1 Å². The minimum atomic E-state index is -0.0323. The molecule has 1 atom stereocenters. The highest BCUT2D eigenvalue weighted by Gasteiger charge is 2.33. The van der Waals surface area contributed by atoms with E-state index in [1.807, 2.05) is 35.2 Å². The van der Waals surface area contributed by atoms with Crippen LogP contribution in [0.2, 0.25) is 0 Å². The molecule has 0 N–H and O–H groups in total. The number of hydrogen-bond acceptors (Lipinski definition) is 5. The van der Waals surface area contributed by atoms with Crippen LogP contribution in [0.25, 0.3) is 10.9 Å². The summed E-state index contributed by atoms with van der Waals surface area (Å²) in [5.74, 6) is 2.62. The minimum absolute atomic E-state index is 0.0323. The number of hydrogen-bond donors (Lipinski definition) is 0. The average Bonchev–Trinajstić information content (AvgIpc) is 3.48. The summed E-state index contributed by atoms with van der Waals surface area (Å²) in [7, 11) is 0. The van der Waals surface area contributed by atoms with Crippen LogP contribution in [-0.4, -0.2) is 34.0 Å². The molecule has 1 aromatic carbocycles. The first-order chi connectivity index (χ1) is 14.8. The zero-order valence-electron chi connectivity index (χ0n) is 17.1. The summed E-state index contributed by atoms with van der Waals surface area (Å²) in [4.78, 5) is 19.2. The number of carbonyl (C=O) groups is 1. The van der Waals surface area contributed by atoms with Gasteiger partial charge >= 0.3 is 0 Å². The van der Waals surface area contributed by atoms with E-state index in [0.717, 1.165) is 36.3 Å². The van der Waals surface area contributed by atoms with Crippen LogP contribution in [0.3, 0.4) is 0 Å².